The van der Waals surface area contributed by atoms with Crippen LogP contribution in [0.3, 0.4) is 0 Å². The van der Waals surface area contributed by atoms with Gasteiger partial charge in [0.15, 0.2) is 5.92 Å². The third-order valence-corrected chi connectivity index (χ3v) is 11.2. The molecule has 9 nitrogen and oxygen atoms in total. The highest BCUT2D eigenvalue weighted by Gasteiger charge is 2.47. The van der Waals surface area contributed by atoms with E-state index in [0.29, 0.717) is 48.4 Å². The minimum Gasteiger partial charge on any atom is -0.490 e. The summed E-state index contributed by atoms with van der Waals surface area (Å²) < 4.78 is 35.9. The van der Waals surface area contributed by atoms with Gasteiger partial charge in [-0.1, -0.05) is 66.7 Å². The molecule has 47 heavy (non-hydrogen) atoms. The standard InChI is InChI=1S/C37H31N5O4S/c38-20-27(21-39)32-18-26-10-4-5-13-31(26)35(32)36-33-19-30(14-15-34(33)41(37(36)43)23-25-8-2-1-3-9-25)47(44,45)42-17-7-11-28(42)24-46-29-12-6-16-40-22-29/h1-6,8-10,12-16,18-19,22,27-28,34-35H,7,11,17,23-24H2. The number of hydrogen-bond donors (Lipinski definition) is 0. The van der Waals surface area contributed by atoms with E-state index in [-0.39, 0.29) is 23.5 Å². The van der Waals surface area contributed by atoms with Gasteiger partial charge in [0.05, 0.1) is 35.3 Å². The van der Waals surface area contributed by atoms with Crippen molar-refractivity contribution in [1.29, 1.82) is 10.5 Å². The smallest absolute Gasteiger partial charge is 0.252 e. The maximum Gasteiger partial charge on any atom is 0.252 e. The number of pyridine rings is 1. The Labute approximate surface area is 274 Å². The van der Waals surface area contributed by atoms with Crippen LogP contribution in [0.2, 0.25) is 0 Å². The molecule has 0 N–H and O–H groups in total. The van der Waals surface area contributed by atoms with Crippen LogP contribution in [0.4, 0.5) is 0 Å². The summed E-state index contributed by atoms with van der Waals surface area (Å²) in [5, 5.41) is 19.9. The first-order valence-corrected chi connectivity index (χ1v) is 17.0. The van der Waals surface area contributed by atoms with E-state index in [2.05, 4.69) is 17.1 Å². The molecule has 3 atom stereocenters. The molecule has 3 aromatic rings. The van der Waals surface area contributed by atoms with E-state index in [4.69, 9.17) is 4.74 Å². The number of ether oxygens (including phenoxy) is 1. The number of allylic oxidation sites excluding steroid dienone is 2. The van der Waals surface area contributed by atoms with Gasteiger partial charge in [-0.15, -0.1) is 0 Å². The molecule has 2 aromatic carbocycles. The van der Waals surface area contributed by atoms with Crippen LogP contribution < -0.4 is 4.74 Å². The molecule has 4 aliphatic rings. The number of benzene rings is 2. The summed E-state index contributed by atoms with van der Waals surface area (Å²) >= 11 is 0. The maximum absolute atomic E-state index is 14.5. The Balaban J connectivity index is 1.30. The number of nitrogens with zero attached hydrogens (tertiary/aromatic N) is 5. The van der Waals surface area contributed by atoms with Gasteiger partial charge in [0.2, 0.25) is 10.0 Å². The Morgan fingerprint density at radius 2 is 1.79 bits per heavy atom. The third kappa shape index (κ3) is 5.46. The summed E-state index contributed by atoms with van der Waals surface area (Å²) in [6.45, 7) is 0.862. The summed E-state index contributed by atoms with van der Waals surface area (Å²) in [5.74, 6) is -1.42. The highest BCUT2D eigenvalue weighted by molar-refractivity contribution is 7.93. The zero-order valence-corrected chi connectivity index (χ0v) is 26.3. The van der Waals surface area contributed by atoms with Gasteiger partial charge in [0.25, 0.3) is 5.91 Å². The molecule has 1 aromatic heterocycles. The SMILES string of the molecule is N#CC(C#N)C1=Cc2ccccc2C1C1=C2C=C(S(=O)(=O)N3CCCC3COc3cccnc3)C=CC2N(Cc2ccccc2)C1=O. The van der Waals surface area contributed by atoms with E-state index in [1.54, 1.807) is 47.7 Å². The number of sulfonamides is 1. The first kappa shape index (κ1) is 30.4. The number of amides is 1. The average molecular weight is 642 g/mol. The second kappa shape index (κ2) is 12.5. The van der Waals surface area contributed by atoms with Crippen LogP contribution >= 0.6 is 0 Å². The van der Waals surface area contributed by atoms with Gasteiger partial charge in [-0.05, 0) is 65.0 Å². The van der Waals surface area contributed by atoms with Crippen LogP contribution in [0.1, 0.15) is 35.4 Å². The van der Waals surface area contributed by atoms with Gasteiger partial charge in [-0.2, -0.15) is 14.8 Å². The topological polar surface area (TPSA) is 127 Å². The van der Waals surface area contributed by atoms with E-state index in [9.17, 15) is 23.7 Å². The van der Waals surface area contributed by atoms with E-state index in [1.807, 2.05) is 60.7 Å². The van der Waals surface area contributed by atoms with Crippen molar-refractivity contribution in [3.63, 3.8) is 0 Å². The minimum atomic E-state index is -3.97. The van der Waals surface area contributed by atoms with Gasteiger partial charge >= 0.3 is 0 Å². The van der Waals surface area contributed by atoms with Crippen LogP contribution in [0.25, 0.3) is 6.08 Å². The van der Waals surface area contributed by atoms with Gasteiger partial charge in [0.1, 0.15) is 12.4 Å². The summed E-state index contributed by atoms with van der Waals surface area (Å²) in [7, 11) is -3.97. The molecule has 1 amide bonds. The predicted octanol–water partition coefficient (Wildman–Crippen LogP) is 5.26. The fourth-order valence-electron chi connectivity index (χ4n) is 7.04. The van der Waals surface area contributed by atoms with Gasteiger partial charge < -0.3 is 9.64 Å². The molecule has 0 bridgehead atoms. The van der Waals surface area contributed by atoms with Crippen molar-refractivity contribution in [2.24, 2.45) is 5.92 Å². The molecule has 1 saturated heterocycles. The molecule has 0 spiro atoms. The second-order valence-electron chi connectivity index (χ2n) is 11.9. The number of nitriles is 2. The lowest BCUT2D eigenvalue weighted by Gasteiger charge is -2.28. The van der Waals surface area contributed by atoms with Crippen LogP contribution in [0.5, 0.6) is 5.75 Å². The van der Waals surface area contributed by atoms with E-state index < -0.39 is 27.9 Å². The second-order valence-corrected chi connectivity index (χ2v) is 13.8. The summed E-state index contributed by atoms with van der Waals surface area (Å²) in [5.41, 5.74) is 4.06. The monoisotopic (exact) mass is 641 g/mol. The maximum atomic E-state index is 14.5. The van der Waals surface area contributed by atoms with E-state index in [0.717, 1.165) is 16.7 Å². The molecule has 234 valence electrons. The first-order valence-electron chi connectivity index (χ1n) is 15.5. The van der Waals surface area contributed by atoms with Crippen LogP contribution in [-0.2, 0) is 21.4 Å². The summed E-state index contributed by atoms with van der Waals surface area (Å²) in [6.07, 6.45) is 11.4. The Morgan fingerprint density at radius 1 is 1.00 bits per heavy atom. The van der Waals surface area contributed by atoms with Crippen molar-refractivity contribution in [1.82, 2.24) is 14.2 Å². The number of hydrogen-bond acceptors (Lipinski definition) is 7. The zero-order valence-electron chi connectivity index (χ0n) is 25.4. The minimum absolute atomic E-state index is 0.0952. The molecule has 7 rings (SSSR count). The van der Waals surface area contributed by atoms with Crippen LogP contribution in [-0.4, -0.2) is 53.7 Å². The van der Waals surface area contributed by atoms with Crippen molar-refractivity contribution in [2.75, 3.05) is 13.2 Å². The summed E-state index contributed by atoms with van der Waals surface area (Å²) in [6, 6.07) is 24.0. The Hall–Kier alpha value is -5.29. The van der Waals surface area contributed by atoms with Crippen molar-refractivity contribution in [2.45, 2.75) is 37.4 Å². The van der Waals surface area contributed by atoms with Crippen molar-refractivity contribution >= 4 is 22.0 Å². The van der Waals surface area contributed by atoms with Crippen molar-refractivity contribution in [3.8, 4) is 17.9 Å². The van der Waals surface area contributed by atoms with E-state index >= 15 is 0 Å². The molecule has 1 fully saturated rings. The van der Waals surface area contributed by atoms with E-state index in [1.165, 1.54) is 4.31 Å². The lowest BCUT2D eigenvalue weighted by atomic mass is 9.80. The normalized spacial score (nSPS) is 22.1. The average Bonchev–Trinajstić information content (AvgIpc) is 3.80. The number of carbonyl (C=O) groups is 1. The number of carbonyl (C=O) groups excluding carboxylic acids is 1. The van der Waals surface area contributed by atoms with Crippen LogP contribution in [0, 0.1) is 28.6 Å². The fraction of sp³-hybridized carbons (Fsp3) is 0.243. The largest absolute Gasteiger partial charge is 0.490 e. The van der Waals surface area contributed by atoms with Crippen molar-refractivity contribution < 1.29 is 17.9 Å². The Bertz CT molecular complexity index is 2030. The lowest BCUT2D eigenvalue weighted by molar-refractivity contribution is -0.127. The fourth-order valence-corrected chi connectivity index (χ4v) is 8.77. The number of fused-ring (bicyclic) bond motifs is 2. The number of aromatic nitrogens is 1. The zero-order chi connectivity index (χ0) is 32.5. The lowest BCUT2D eigenvalue weighted by Crippen LogP contribution is -2.40. The third-order valence-electron chi connectivity index (χ3n) is 9.24. The number of rotatable bonds is 9. The molecule has 0 saturated carbocycles. The highest BCUT2D eigenvalue weighted by Crippen LogP contribution is 2.50. The van der Waals surface area contributed by atoms with Gasteiger partial charge in [-0.25, -0.2) is 8.42 Å². The predicted molar refractivity (Wildman–Crippen MR) is 175 cm³/mol. The molecule has 10 heteroatoms. The Kier molecular flexibility index (Phi) is 8.07. The summed E-state index contributed by atoms with van der Waals surface area (Å²) in [4.78, 5) is 20.4. The molecule has 3 heterocycles. The molecule has 2 aliphatic heterocycles. The molecular weight excluding hydrogens is 611 g/mol. The van der Waals surface area contributed by atoms with Crippen LogP contribution in [0.15, 0.2) is 119 Å². The molecular formula is C37H31N5O4S. The van der Waals surface area contributed by atoms with Gasteiger partial charge in [0, 0.05) is 30.8 Å². The Morgan fingerprint density at radius 3 is 2.55 bits per heavy atom. The first-order chi connectivity index (χ1) is 22.9. The quantitative estimate of drug-likeness (QED) is 0.312. The molecule has 2 aliphatic carbocycles. The van der Waals surface area contributed by atoms with Gasteiger partial charge in [-0.3, -0.25) is 9.78 Å². The highest BCUT2D eigenvalue weighted by atomic mass is 32.2. The van der Waals surface area contributed by atoms with Crippen molar-refractivity contribution in [3.05, 3.63) is 136 Å². The molecule has 0 radical (unpaired) electrons. The molecule has 3 unspecified atom stereocenters.